The molecule has 1 aromatic carbocycles. The smallest absolute Gasteiger partial charge is 0.152 e. The number of hydrogen-bond donors (Lipinski definition) is 0. The average molecular weight is 365 g/mol. The van der Waals surface area contributed by atoms with Gasteiger partial charge in [0.25, 0.3) is 0 Å². The second-order valence-corrected chi connectivity index (χ2v) is 7.21. The number of furan rings is 1. The summed E-state index contributed by atoms with van der Waals surface area (Å²) in [7, 11) is 2.18. The van der Waals surface area contributed by atoms with E-state index in [4.69, 9.17) is 9.15 Å². The number of benzene rings is 1. The zero-order chi connectivity index (χ0) is 18.5. The van der Waals surface area contributed by atoms with Crippen LogP contribution in [0.2, 0.25) is 0 Å². The van der Waals surface area contributed by atoms with Crippen LogP contribution < -0.4 is 0 Å². The quantitative estimate of drug-likeness (QED) is 0.585. The highest BCUT2D eigenvalue weighted by atomic mass is 16.5. The van der Waals surface area contributed by atoms with Crippen molar-refractivity contribution in [1.82, 2.24) is 14.5 Å². The Hall–Kier alpha value is -2.37. The Morgan fingerprint density at radius 1 is 1.11 bits per heavy atom. The van der Waals surface area contributed by atoms with Crippen molar-refractivity contribution in [3.8, 4) is 22.7 Å². The molecule has 1 aliphatic rings. The van der Waals surface area contributed by atoms with Gasteiger partial charge in [0.05, 0.1) is 24.4 Å². The van der Waals surface area contributed by atoms with E-state index in [-0.39, 0.29) is 0 Å². The average Bonchev–Trinajstić information content (AvgIpc) is 3.37. The minimum atomic E-state index is 0.411. The van der Waals surface area contributed by atoms with Crippen molar-refractivity contribution < 1.29 is 9.15 Å². The lowest BCUT2D eigenvalue weighted by Gasteiger charge is -2.28. The van der Waals surface area contributed by atoms with Gasteiger partial charge in [0.2, 0.25) is 0 Å². The van der Waals surface area contributed by atoms with E-state index in [1.165, 1.54) is 0 Å². The molecule has 5 heteroatoms. The first kappa shape index (κ1) is 18.0. The van der Waals surface area contributed by atoms with E-state index in [2.05, 4.69) is 33.6 Å². The Morgan fingerprint density at radius 2 is 1.93 bits per heavy atom. The fraction of sp³-hybridized carbons (Fsp3) is 0.409. The topological polar surface area (TPSA) is 43.4 Å². The zero-order valence-corrected chi connectivity index (χ0v) is 15.9. The first-order valence-corrected chi connectivity index (χ1v) is 9.76. The molecule has 27 heavy (non-hydrogen) atoms. The minimum absolute atomic E-state index is 0.411. The van der Waals surface area contributed by atoms with Crippen molar-refractivity contribution in [3.05, 3.63) is 55.1 Å². The maximum Gasteiger partial charge on any atom is 0.152 e. The van der Waals surface area contributed by atoms with E-state index in [0.717, 1.165) is 68.2 Å². The molecule has 0 amide bonds. The molecule has 0 N–H and O–H groups in total. The lowest BCUT2D eigenvalue weighted by Crippen LogP contribution is -2.34. The number of hydrogen-bond acceptors (Lipinski definition) is 4. The summed E-state index contributed by atoms with van der Waals surface area (Å²) in [6, 6.07) is 14.2. The van der Waals surface area contributed by atoms with Gasteiger partial charge in [0.15, 0.2) is 5.76 Å². The number of piperidine rings is 1. The summed E-state index contributed by atoms with van der Waals surface area (Å²) >= 11 is 0. The number of likely N-dealkylation sites (tertiary alicyclic amines) is 1. The van der Waals surface area contributed by atoms with Gasteiger partial charge in [-0.2, -0.15) is 0 Å². The third-order valence-corrected chi connectivity index (χ3v) is 5.20. The molecule has 0 atom stereocenters. The van der Waals surface area contributed by atoms with Crippen molar-refractivity contribution in [2.45, 2.75) is 31.9 Å². The molecule has 0 saturated carbocycles. The number of ether oxygens (including phenoxy) is 1. The molecule has 5 nitrogen and oxygen atoms in total. The van der Waals surface area contributed by atoms with Crippen molar-refractivity contribution in [1.29, 1.82) is 0 Å². The molecule has 1 fully saturated rings. The lowest BCUT2D eigenvalue weighted by molar-refractivity contribution is 0.0103. The van der Waals surface area contributed by atoms with E-state index in [1.807, 2.05) is 36.7 Å². The summed E-state index contributed by atoms with van der Waals surface area (Å²) in [6.45, 7) is 3.91. The molecular formula is C22H27N3O2. The molecule has 0 spiro atoms. The van der Waals surface area contributed by atoms with Gasteiger partial charge in [0.1, 0.15) is 5.69 Å². The predicted octanol–water partition coefficient (Wildman–Crippen LogP) is 4.31. The van der Waals surface area contributed by atoms with Crippen LogP contribution in [0.15, 0.2) is 59.5 Å². The van der Waals surface area contributed by atoms with Gasteiger partial charge in [-0.1, -0.05) is 30.3 Å². The second kappa shape index (κ2) is 8.55. The van der Waals surface area contributed by atoms with Crippen molar-refractivity contribution in [2.24, 2.45) is 0 Å². The molecule has 1 aliphatic heterocycles. The Morgan fingerprint density at radius 3 is 2.67 bits per heavy atom. The molecule has 1 saturated heterocycles. The third-order valence-electron chi connectivity index (χ3n) is 5.20. The summed E-state index contributed by atoms with van der Waals surface area (Å²) < 4.78 is 14.0. The summed E-state index contributed by atoms with van der Waals surface area (Å²) in [6.07, 6.45) is 7.27. The normalized spacial score (nSPS) is 16.0. The number of nitrogens with zero attached hydrogens (tertiary/aromatic N) is 3. The summed E-state index contributed by atoms with van der Waals surface area (Å²) in [5.74, 6) is 0.850. The van der Waals surface area contributed by atoms with Crippen LogP contribution >= 0.6 is 0 Å². The van der Waals surface area contributed by atoms with Crippen molar-refractivity contribution in [3.63, 3.8) is 0 Å². The highest BCUT2D eigenvalue weighted by molar-refractivity contribution is 5.76. The Bertz CT molecular complexity index is 819. The van der Waals surface area contributed by atoms with Gasteiger partial charge < -0.3 is 18.6 Å². The number of rotatable bonds is 7. The highest BCUT2D eigenvalue weighted by Crippen LogP contribution is 2.31. The molecular weight excluding hydrogens is 338 g/mol. The van der Waals surface area contributed by atoms with Crippen molar-refractivity contribution >= 4 is 0 Å². The highest BCUT2D eigenvalue weighted by Gasteiger charge is 2.18. The zero-order valence-electron chi connectivity index (χ0n) is 15.9. The van der Waals surface area contributed by atoms with E-state index < -0.39 is 0 Å². The lowest BCUT2D eigenvalue weighted by atomic mass is 10.1. The molecule has 0 bridgehead atoms. The van der Waals surface area contributed by atoms with Gasteiger partial charge in [-0.05, 0) is 38.4 Å². The first-order valence-electron chi connectivity index (χ1n) is 9.76. The van der Waals surface area contributed by atoms with Gasteiger partial charge in [0, 0.05) is 31.8 Å². The van der Waals surface area contributed by atoms with E-state index in [0.29, 0.717) is 6.10 Å². The molecule has 0 unspecified atom stereocenters. The van der Waals surface area contributed by atoms with Crippen LogP contribution in [0.25, 0.3) is 22.7 Å². The fourth-order valence-electron chi connectivity index (χ4n) is 3.67. The molecule has 3 aromatic rings. The summed E-state index contributed by atoms with van der Waals surface area (Å²) in [5, 5.41) is 0. The van der Waals surface area contributed by atoms with E-state index >= 15 is 0 Å². The van der Waals surface area contributed by atoms with Crippen LogP contribution in [-0.2, 0) is 11.3 Å². The van der Waals surface area contributed by atoms with Gasteiger partial charge in [-0.15, -0.1) is 0 Å². The van der Waals surface area contributed by atoms with Crippen LogP contribution in [0, 0.1) is 0 Å². The van der Waals surface area contributed by atoms with Crippen LogP contribution in [0.1, 0.15) is 19.3 Å². The predicted molar refractivity (Wildman–Crippen MR) is 106 cm³/mol. The van der Waals surface area contributed by atoms with Crippen LogP contribution in [0.3, 0.4) is 0 Å². The van der Waals surface area contributed by atoms with E-state index in [1.54, 1.807) is 6.26 Å². The largest absolute Gasteiger partial charge is 0.463 e. The van der Waals surface area contributed by atoms with Crippen molar-refractivity contribution in [2.75, 3.05) is 26.7 Å². The molecule has 2 aromatic heterocycles. The van der Waals surface area contributed by atoms with Crippen LogP contribution in [0.5, 0.6) is 0 Å². The second-order valence-electron chi connectivity index (χ2n) is 7.21. The Kier molecular flexibility index (Phi) is 5.70. The fourth-order valence-corrected chi connectivity index (χ4v) is 3.67. The molecule has 3 heterocycles. The van der Waals surface area contributed by atoms with E-state index in [9.17, 15) is 0 Å². The monoisotopic (exact) mass is 365 g/mol. The summed E-state index contributed by atoms with van der Waals surface area (Å²) in [4.78, 5) is 7.04. The first-order chi connectivity index (χ1) is 13.3. The maximum absolute atomic E-state index is 6.09. The third kappa shape index (κ3) is 4.31. The molecule has 0 radical (unpaired) electrons. The summed E-state index contributed by atoms with van der Waals surface area (Å²) in [5.41, 5.74) is 3.09. The number of aromatic nitrogens is 2. The number of aryl methyl sites for hydroxylation is 1. The van der Waals surface area contributed by atoms with Gasteiger partial charge in [-0.25, -0.2) is 4.98 Å². The Labute approximate surface area is 160 Å². The van der Waals surface area contributed by atoms with Crippen LogP contribution in [0.4, 0.5) is 0 Å². The number of imidazole rings is 1. The van der Waals surface area contributed by atoms with Gasteiger partial charge >= 0.3 is 0 Å². The van der Waals surface area contributed by atoms with Crippen LogP contribution in [-0.4, -0.2) is 47.3 Å². The molecule has 4 rings (SSSR count). The molecule has 142 valence electrons. The molecule has 0 aliphatic carbocycles. The maximum atomic E-state index is 6.09. The Balaban J connectivity index is 1.43. The minimum Gasteiger partial charge on any atom is -0.463 e. The standard InChI is InChI=1S/C22H27N3O2/c1-24-13-10-19(11-14-24)26-16-6-12-25-17-23-21(18-7-3-2-4-8-18)22(25)20-9-5-15-27-20/h2-5,7-9,15,17,19H,6,10-14,16H2,1H3. The SMILES string of the molecule is CN1CCC(OCCCn2cnc(-c3ccccc3)c2-c2ccco2)CC1. The van der Waals surface area contributed by atoms with Gasteiger partial charge in [-0.3, -0.25) is 0 Å².